The first kappa shape index (κ1) is 10.6. The molecule has 0 saturated heterocycles. The zero-order valence-corrected chi connectivity index (χ0v) is 8.56. The van der Waals surface area contributed by atoms with Gasteiger partial charge in [0.2, 0.25) is 11.8 Å². The molecule has 1 aromatic heterocycles. The zero-order chi connectivity index (χ0) is 10.4. The number of carbonyl (C=O) groups excluding carboxylic acids is 2. The second-order valence-corrected chi connectivity index (χ2v) is 3.51. The highest BCUT2D eigenvalue weighted by Gasteiger charge is 2.03. The second-order valence-electron chi connectivity index (χ2n) is 2.62. The van der Waals surface area contributed by atoms with Gasteiger partial charge in [-0.2, -0.15) is 0 Å². The van der Waals surface area contributed by atoms with Crippen LogP contribution in [0.5, 0.6) is 0 Å². The third-order valence-corrected chi connectivity index (χ3v) is 2.09. The Balaban J connectivity index is 2.20. The predicted octanol–water partition coefficient (Wildman–Crippen LogP) is 0.608. The van der Waals surface area contributed by atoms with E-state index in [4.69, 9.17) is 0 Å². The summed E-state index contributed by atoms with van der Waals surface area (Å²) in [4.78, 5) is 25.6. The van der Waals surface area contributed by atoms with Crippen molar-refractivity contribution in [3.05, 3.63) is 11.6 Å². The largest absolute Gasteiger partial charge is 0.356 e. The minimum Gasteiger partial charge on any atom is -0.356 e. The fourth-order valence-electron chi connectivity index (χ4n) is 0.819. The van der Waals surface area contributed by atoms with E-state index in [1.807, 2.05) is 0 Å². The summed E-state index contributed by atoms with van der Waals surface area (Å²) >= 11 is 1.36. The van der Waals surface area contributed by atoms with E-state index in [1.54, 1.807) is 11.6 Å². The van der Waals surface area contributed by atoms with Gasteiger partial charge in [-0.25, -0.2) is 4.98 Å². The van der Waals surface area contributed by atoms with Gasteiger partial charge in [0, 0.05) is 31.5 Å². The van der Waals surface area contributed by atoms with Crippen LogP contribution < -0.4 is 10.6 Å². The molecule has 0 unspecified atom stereocenters. The maximum absolute atomic E-state index is 11.2. The summed E-state index contributed by atoms with van der Waals surface area (Å²) in [7, 11) is 0. The molecule has 76 valence electrons. The number of thiazole rings is 1. The standard InChI is InChI=1S/C8H11N3O2S/c1-6(12)9-3-2-7(13)11-8-10-4-5-14-8/h4-5H,2-3H2,1H3,(H,9,12)(H,10,11,13). The SMILES string of the molecule is CC(=O)NCCC(=O)Nc1nccs1. The topological polar surface area (TPSA) is 71.1 Å². The van der Waals surface area contributed by atoms with Crippen LogP contribution in [0, 0.1) is 0 Å². The number of nitrogens with one attached hydrogen (secondary N) is 2. The Hall–Kier alpha value is -1.43. The molecule has 0 atom stereocenters. The van der Waals surface area contributed by atoms with Crippen molar-refractivity contribution in [1.29, 1.82) is 0 Å². The molecule has 0 aliphatic rings. The van der Waals surface area contributed by atoms with Gasteiger partial charge in [-0.15, -0.1) is 11.3 Å². The van der Waals surface area contributed by atoms with Gasteiger partial charge in [0.25, 0.3) is 0 Å². The first-order chi connectivity index (χ1) is 6.68. The lowest BCUT2D eigenvalue weighted by Gasteiger charge is -2.01. The molecule has 0 aromatic carbocycles. The number of amides is 2. The van der Waals surface area contributed by atoms with E-state index in [0.29, 0.717) is 11.7 Å². The Kier molecular flexibility index (Phi) is 4.06. The van der Waals surface area contributed by atoms with E-state index in [0.717, 1.165) is 0 Å². The van der Waals surface area contributed by atoms with E-state index in [2.05, 4.69) is 15.6 Å². The van der Waals surface area contributed by atoms with Crippen LogP contribution in [-0.2, 0) is 9.59 Å². The summed E-state index contributed by atoms with van der Waals surface area (Å²) in [6, 6.07) is 0. The molecule has 2 amide bonds. The summed E-state index contributed by atoms with van der Waals surface area (Å²) in [6.07, 6.45) is 1.88. The Morgan fingerprint density at radius 3 is 2.93 bits per heavy atom. The molecule has 0 spiro atoms. The number of hydrogen-bond acceptors (Lipinski definition) is 4. The maximum Gasteiger partial charge on any atom is 0.227 e. The van der Waals surface area contributed by atoms with Gasteiger partial charge in [-0.05, 0) is 0 Å². The molecule has 0 fully saturated rings. The molecule has 0 radical (unpaired) electrons. The summed E-state index contributed by atoms with van der Waals surface area (Å²) in [6.45, 7) is 1.77. The fourth-order valence-corrected chi connectivity index (χ4v) is 1.36. The highest BCUT2D eigenvalue weighted by Crippen LogP contribution is 2.09. The minimum atomic E-state index is -0.145. The molecule has 0 saturated carbocycles. The minimum absolute atomic E-state index is 0.132. The van der Waals surface area contributed by atoms with Crippen LogP contribution in [0.3, 0.4) is 0 Å². The maximum atomic E-state index is 11.2. The summed E-state index contributed by atoms with van der Waals surface area (Å²) in [5.41, 5.74) is 0. The number of aromatic nitrogens is 1. The first-order valence-corrected chi connectivity index (χ1v) is 5.00. The van der Waals surface area contributed by atoms with Crippen LogP contribution in [-0.4, -0.2) is 23.3 Å². The van der Waals surface area contributed by atoms with Crippen LogP contribution in [0.15, 0.2) is 11.6 Å². The third kappa shape index (κ3) is 3.99. The Labute approximate surface area is 85.5 Å². The highest BCUT2D eigenvalue weighted by molar-refractivity contribution is 7.13. The van der Waals surface area contributed by atoms with Crippen molar-refractivity contribution in [1.82, 2.24) is 10.3 Å². The monoisotopic (exact) mass is 213 g/mol. The van der Waals surface area contributed by atoms with E-state index in [1.165, 1.54) is 18.3 Å². The lowest BCUT2D eigenvalue weighted by atomic mass is 10.4. The molecule has 6 heteroatoms. The predicted molar refractivity (Wildman–Crippen MR) is 54.0 cm³/mol. The molecular formula is C8H11N3O2S. The van der Waals surface area contributed by atoms with Crippen molar-refractivity contribution in [2.24, 2.45) is 0 Å². The van der Waals surface area contributed by atoms with Crippen LogP contribution in [0.4, 0.5) is 5.13 Å². The van der Waals surface area contributed by atoms with Gasteiger partial charge in [0.15, 0.2) is 5.13 Å². The van der Waals surface area contributed by atoms with E-state index < -0.39 is 0 Å². The van der Waals surface area contributed by atoms with Gasteiger partial charge >= 0.3 is 0 Å². The van der Waals surface area contributed by atoms with Crippen molar-refractivity contribution >= 4 is 28.3 Å². The molecule has 0 aliphatic heterocycles. The zero-order valence-electron chi connectivity index (χ0n) is 7.74. The smallest absolute Gasteiger partial charge is 0.227 e. The van der Waals surface area contributed by atoms with Crippen molar-refractivity contribution in [3.63, 3.8) is 0 Å². The lowest BCUT2D eigenvalue weighted by Crippen LogP contribution is -2.25. The average Bonchev–Trinajstić information content (AvgIpc) is 2.56. The first-order valence-electron chi connectivity index (χ1n) is 4.12. The number of anilines is 1. The van der Waals surface area contributed by atoms with E-state index in [-0.39, 0.29) is 18.2 Å². The van der Waals surface area contributed by atoms with Crippen LogP contribution >= 0.6 is 11.3 Å². The molecule has 14 heavy (non-hydrogen) atoms. The molecule has 0 bridgehead atoms. The summed E-state index contributed by atoms with van der Waals surface area (Å²) in [5.74, 6) is -0.277. The van der Waals surface area contributed by atoms with Crippen LogP contribution in [0.2, 0.25) is 0 Å². The van der Waals surface area contributed by atoms with Gasteiger partial charge in [0.05, 0.1) is 0 Å². The number of rotatable bonds is 4. The van der Waals surface area contributed by atoms with E-state index in [9.17, 15) is 9.59 Å². The van der Waals surface area contributed by atoms with Crippen LogP contribution in [0.1, 0.15) is 13.3 Å². The van der Waals surface area contributed by atoms with Gasteiger partial charge in [0.1, 0.15) is 0 Å². The number of hydrogen-bond donors (Lipinski definition) is 2. The summed E-state index contributed by atoms with van der Waals surface area (Å²) in [5, 5.41) is 7.51. The fraction of sp³-hybridized carbons (Fsp3) is 0.375. The number of nitrogens with zero attached hydrogens (tertiary/aromatic N) is 1. The molecule has 5 nitrogen and oxygen atoms in total. The van der Waals surface area contributed by atoms with Crippen molar-refractivity contribution in [2.75, 3.05) is 11.9 Å². The quantitative estimate of drug-likeness (QED) is 0.769. The highest BCUT2D eigenvalue weighted by atomic mass is 32.1. The Bertz CT molecular complexity index is 310. The number of carbonyl (C=O) groups is 2. The lowest BCUT2D eigenvalue weighted by molar-refractivity contribution is -0.119. The normalized spacial score (nSPS) is 9.50. The summed E-state index contributed by atoms with van der Waals surface area (Å²) < 4.78 is 0. The van der Waals surface area contributed by atoms with E-state index >= 15 is 0 Å². The van der Waals surface area contributed by atoms with Gasteiger partial charge in [-0.3, -0.25) is 9.59 Å². The van der Waals surface area contributed by atoms with Crippen molar-refractivity contribution < 1.29 is 9.59 Å². The molecule has 2 N–H and O–H groups in total. The Morgan fingerprint density at radius 2 is 2.36 bits per heavy atom. The van der Waals surface area contributed by atoms with Gasteiger partial charge < -0.3 is 10.6 Å². The van der Waals surface area contributed by atoms with Gasteiger partial charge in [-0.1, -0.05) is 0 Å². The molecular weight excluding hydrogens is 202 g/mol. The van der Waals surface area contributed by atoms with Crippen LogP contribution in [0.25, 0.3) is 0 Å². The molecule has 1 rings (SSSR count). The molecule has 0 aliphatic carbocycles. The second kappa shape index (κ2) is 5.33. The average molecular weight is 213 g/mol. The van der Waals surface area contributed by atoms with Crippen molar-refractivity contribution in [2.45, 2.75) is 13.3 Å². The Morgan fingerprint density at radius 1 is 1.57 bits per heavy atom. The molecule has 1 aromatic rings. The molecule has 1 heterocycles. The third-order valence-electron chi connectivity index (χ3n) is 1.40. The van der Waals surface area contributed by atoms with Crippen molar-refractivity contribution in [3.8, 4) is 0 Å².